The molecule has 1 aromatic heterocycles. The second-order valence-corrected chi connectivity index (χ2v) is 2.69. The molecule has 4 heteroatoms. The molecule has 0 atom stereocenters. The molecule has 0 aliphatic heterocycles. The van der Waals surface area contributed by atoms with E-state index in [4.69, 9.17) is 5.73 Å². The smallest absolute Gasteiger partial charge is 0.260 e. The van der Waals surface area contributed by atoms with E-state index in [1.165, 1.54) is 11.3 Å². The topological polar surface area (TPSA) is 55.1 Å². The zero-order chi connectivity index (χ0) is 7.56. The van der Waals surface area contributed by atoms with E-state index < -0.39 is 0 Å². The van der Waals surface area contributed by atoms with Crippen LogP contribution in [-0.4, -0.2) is 13.0 Å². The van der Waals surface area contributed by atoms with Crippen molar-refractivity contribution >= 4 is 22.9 Å². The summed E-state index contributed by atoms with van der Waals surface area (Å²) in [5, 5.41) is 4.69. The lowest BCUT2D eigenvalue weighted by Crippen LogP contribution is -2.10. The predicted octanol–water partition coefficient (Wildman–Crippen LogP) is 0.889. The minimum Gasteiger partial charge on any atom is -0.387 e. The first-order chi connectivity index (χ1) is 4.75. The predicted molar refractivity (Wildman–Crippen MR) is 42.4 cm³/mol. The lowest BCUT2D eigenvalue weighted by molar-refractivity contribution is 0.100. The minimum atomic E-state index is -0.376. The van der Waals surface area contributed by atoms with E-state index in [0.29, 0.717) is 4.88 Å². The van der Waals surface area contributed by atoms with Crippen LogP contribution in [0.25, 0.3) is 0 Å². The summed E-state index contributed by atoms with van der Waals surface area (Å²) in [4.78, 5) is 11.2. The molecule has 0 saturated carbocycles. The number of nitrogens with one attached hydrogen (secondary N) is 1. The number of thiophene rings is 1. The van der Waals surface area contributed by atoms with E-state index in [0.717, 1.165) is 5.69 Å². The first-order valence-corrected chi connectivity index (χ1v) is 3.68. The summed E-state index contributed by atoms with van der Waals surface area (Å²) in [6.45, 7) is 0. The molecule has 0 saturated heterocycles. The van der Waals surface area contributed by atoms with Gasteiger partial charge in [-0.15, -0.1) is 11.3 Å². The molecule has 0 radical (unpaired) electrons. The quantitative estimate of drug-likeness (QED) is 0.668. The molecular formula is C6H8N2OS. The number of carbonyl (C=O) groups is 1. The van der Waals surface area contributed by atoms with Gasteiger partial charge in [0.1, 0.15) is 4.88 Å². The van der Waals surface area contributed by atoms with Gasteiger partial charge in [-0.25, -0.2) is 0 Å². The molecule has 3 nitrogen and oxygen atoms in total. The first-order valence-electron chi connectivity index (χ1n) is 2.80. The van der Waals surface area contributed by atoms with Crippen LogP contribution in [0, 0.1) is 0 Å². The van der Waals surface area contributed by atoms with Crippen molar-refractivity contribution in [3.05, 3.63) is 16.3 Å². The van der Waals surface area contributed by atoms with Gasteiger partial charge in [0.15, 0.2) is 0 Å². The highest BCUT2D eigenvalue weighted by Crippen LogP contribution is 2.20. The molecule has 0 unspecified atom stereocenters. The second-order valence-electron chi connectivity index (χ2n) is 1.78. The largest absolute Gasteiger partial charge is 0.387 e. The van der Waals surface area contributed by atoms with Crippen LogP contribution in [0.5, 0.6) is 0 Å². The Balaban J connectivity index is 3.01. The van der Waals surface area contributed by atoms with Crippen LogP contribution in [0.1, 0.15) is 9.67 Å². The van der Waals surface area contributed by atoms with Gasteiger partial charge in [-0.1, -0.05) is 0 Å². The molecule has 1 rings (SSSR count). The zero-order valence-corrected chi connectivity index (χ0v) is 6.37. The maximum Gasteiger partial charge on any atom is 0.260 e. The molecule has 3 N–H and O–H groups in total. The van der Waals surface area contributed by atoms with Crippen LogP contribution in [0.15, 0.2) is 11.4 Å². The average Bonchev–Trinajstić information content (AvgIpc) is 2.33. The Hall–Kier alpha value is -1.03. The maximum absolute atomic E-state index is 10.6. The number of primary amides is 1. The van der Waals surface area contributed by atoms with Crippen LogP contribution >= 0.6 is 11.3 Å². The van der Waals surface area contributed by atoms with Gasteiger partial charge in [0.25, 0.3) is 5.91 Å². The lowest BCUT2D eigenvalue weighted by atomic mass is 10.4. The van der Waals surface area contributed by atoms with Gasteiger partial charge in [0.05, 0.1) is 5.69 Å². The van der Waals surface area contributed by atoms with E-state index >= 15 is 0 Å². The number of anilines is 1. The Kier molecular flexibility index (Phi) is 1.91. The van der Waals surface area contributed by atoms with Gasteiger partial charge in [-0.3, -0.25) is 4.79 Å². The third-order valence-electron chi connectivity index (χ3n) is 1.16. The van der Waals surface area contributed by atoms with Crippen molar-refractivity contribution in [1.82, 2.24) is 0 Å². The van der Waals surface area contributed by atoms with Gasteiger partial charge in [0.2, 0.25) is 0 Å². The summed E-state index contributed by atoms with van der Waals surface area (Å²) in [6.07, 6.45) is 0. The van der Waals surface area contributed by atoms with Crippen LogP contribution in [0.3, 0.4) is 0 Å². The summed E-state index contributed by atoms with van der Waals surface area (Å²) in [6, 6.07) is 1.82. The van der Waals surface area contributed by atoms with Crippen LogP contribution in [0.4, 0.5) is 5.69 Å². The summed E-state index contributed by atoms with van der Waals surface area (Å²) in [5.41, 5.74) is 5.87. The van der Waals surface area contributed by atoms with Gasteiger partial charge in [0, 0.05) is 7.05 Å². The Labute approximate surface area is 62.9 Å². The van der Waals surface area contributed by atoms with Crippen molar-refractivity contribution in [3.8, 4) is 0 Å². The fourth-order valence-corrected chi connectivity index (χ4v) is 1.45. The second kappa shape index (κ2) is 2.70. The van der Waals surface area contributed by atoms with E-state index in [1.54, 1.807) is 7.05 Å². The molecular weight excluding hydrogens is 148 g/mol. The van der Waals surface area contributed by atoms with E-state index in [1.807, 2.05) is 11.4 Å². The normalized spacial score (nSPS) is 9.30. The molecule has 0 fully saturated rings. The Morgan fingerprint density at radius 1 is 1.80 bits per heavy atom. The zero-order valence-electron chi connectivity index (χ0n) is 5.55. The molecule has 0 aromatic carbocycles. The SMILES string of the molecule is CNc1ccsc1C(N)=O. The van der Waals surface area contributed by atoms with Crippen LogP contribution < -0.4 is 11.1 Å². The van der Waals surface area contributed by atoms with Crippen LogP contribution in [-0.2, 0) is 0 Å². The fraction of sp³-hybridized carbons (Fsp3) is 0.167. The molecule has 1 aromatic rings. The molecule has 0 spiro atoms. The van der Waals surface area contributed by atoms with E-state index in [-0.39, 0.29) is 5.91 Å². The summed E-state index contributed by atoms with van der Waals surface area (Å²) < 4.78 is 0. The highest BCUT2D eigenvalue weighted by Gasteiger charge is 2.06. The standard InChI is InChI=1S/C6H8N2OS/c1-8-4-2-3-10-5(4)6(7)9/h2-3,8H,1H3,(H2,7,9). The first kappa shape index (κ1) is 7.08. The van der Waals surface area contributed by atoms with Crippen molar-refractivity contribution in [3.63, 3.8) is 0 Å². The van der Waals surface area contributed by atoms with Gasteiger partial charge >= 0.3 is 0 Å². The summed E-state index contributed by atoms with van der Waals surface area (Å²) in [5.74, 6) is -0.376. The lowest BCUT2D eigenvalue weighted by Gasteiger charge is -1.95. The number of rotatable bonds is 2. The monoisotopic (exact) mass is 156 g/mol. The molecule has 1 amide bonds. The highest BCUT2D eigenvalue weighted by atomic mass is 32.1. The molecule has 0 bridgehead atoms. The van der Waals surface area contributed by atoms with Crippen molar-refractivity contribution in [2.45, 2.75) is 0 Å². The number of nitrogens with two attached hydrogens (primary N) is 1. The molecule has 54 valence electrons. The van der Waals surface area contributed by atoms with E-state index in [9.17, 15) is 4.79 Å². The summed E-state index contributed by atoms with van der Waals surface area (Å²) in [7, 11) is 1.76. The Bertz CT molecular complexity index is 244. The minimum absolute atomic E-state index is 0.376. The number of amides is 1. The van der Waals surface area contributed by atoms with E-state index in [2.05, 4.69) is 5.32 Å². The molecule has 1 heterocycles. The van der Waals surface area contributed by atoms with Gasteiger partial charge in [-0.05, 0) is 11.4 Å². The molecule has 0 aliphatic carbocycles. The van der Waals surface area contributed by atoms with Crippen molar-refractivity contribution in [2.75, 3.05) is 12.4 Å². The van der Waals surface area contributed by atoms with Gasteiger partial charge in [-0.2, -0.15) is 0 Å². The fourth-order valence-electron chi connectivity index (χ4n) is 0.697. The van der Waals surface area contributed by atoms with Gasteiger partial charge < -0.3 is 11.1 Å². The number of carbonyl (C=O) groups excluding carboxylic acids is 1. The Morgan fingerprint density at radius 3 is 2.90 bits per heavy atom. The molecule has 0 aliphatic rings. The maximum atomic E-state index is 10.6. The molecule has 10 heavy (non-hydrogen) atoms. The third-order valence-corrected chi connectivity index (χ3v) is 2.09. The third kappa shape index (κ3) is 1.11. The van der Waals surface area contributed by atoms with Crippen molar-refractivity contribution in [1.29, 1.82) is 0 Å². The number of hydrogen-bond donors (Lipinski definition) is 2. The number of hydrogen-bond acceptors (Lipinski definition) is 3. The average molecular weight is 156 g/mol. The van der Waals surface area contributed by atoms with Crippen molar-refractivity contribution < 1.29 is 4.79 Å². The summed E-state index contributed by atoms with van der Waals surface area (Å²) >= 11 is 1.35. The Morgan fingerprint density at radius 2 is 2.50 bits per heavy atom. The van der Waals surface area contributed by atoms with Crippen LogP contribution in [0.2, 0.25) is 0 Å². The van der Waals surface area contributed by atoms with Crippen molar-refractivity contribution in [2.24, 2.45) is 5.73 Å². The highest BCUT2D eigenvalue weighted by molar-refractivity contribution is 7.12.